The maximum atomic E-state index is 13.8. The van der Waals surface area contributed by atoms with E-state index in [1.165, 1.54) is 11.3 Å². The second-order valence-electron chi connectivity index (χ2n) is 7.94. The molecule has 0 fully saturated rings. The molecule has 182 valence electrons. The van der Waals surface area contributed by atoms with Crippen LogP contribution in [0, 0.1) is 6.92 Å². The molecule has 35 heavy (non-hydrogen) atoms. The highest BCUT2D eigenvalue weighted by atomic mass is 79.9. The van der Waals surface area contributed by atoms with E-state index >= 15 is 0 Å². The lowest BCUT2D eigenvalue weighted by atomic mass is 9.95. The molecule has 0 bridgehead atoms. The zero-order valence-electron chi connectivity index (χ0n) is 20.0. The van der Waals surface area contributed by atoms with E-state index < -0.39 is 12.0 Å². The molecule has 9 heteroatoms. The number of carbonyl (C=O) groups excluding carboxylic acids is 1. The fourth-order valence-corrected chi connectivity index (χ4v) is 5.56. The Balaban J connectivity index is 1.98. The zero-order chi connectivity index (χ0) is 25.3. The SMILES string of the molecule is CCOC(=O)C1=C(C)N=c2s/c(=C\c3cc(Br)cc(OC)c3OC)c(=O)n2[C@H]1c1ccc(C)cc1. The van der Waals surface area contributed by atoms with E-state index in [0.29, 0.717) is 37.7 Å². The summed E-state index contributed by atoms with van der Waals surface area (Å²) in [6.07, 6.45) is 1.76. The third-order valence-electron chi connectivity index (χ3n) is 5.67. The highest BCUT2D eigenvalue weighted by Crippen LogP contribution is 2.35. The molecule has 0 unspecified atom stereocenters. The van der Waals surface area contributed by atoms with Gasteiger partial charge in [-0.1, -0.05) is 57.1 Å². The van der Waals surface area contributed by atoms with Crippen LogP contribution in [0.3, 0.4) is 0 Å². The predicted octanol–water partition coefficient (Wildman–Crippen LogP) is 3.89. The average molecular weight is 557 g/mol. The van der Waals surface area contributed by atoms with Crippen molar-refractivity contribution in [2.45, 2.75) is 26.8 Å². The van der Waals surface area contributed by atoms with Crippen LogP contribution in [0.1, 0.15) is 36.6 Å². The highest BCUT2D eigenvalue weighted by molar-refractivity contribution is 9.10. The summed E-state index contributed by atoms with van der Waals surface area (Å²) >= 11 is 4.74. The fraction of sp³-hybridized carbons (Fsp3) is 0.269. The van der Waals surface area contributed by atoms with Crippen LogP contribution in [0.2, 0.25) is 0 Å². The van der Waals surface area contributed by atoms with E-state index in [4.69, 9.17) is 14.2 Å². The lowest BCUT2D eigenvalue weighted by molar-refractivity contribution is -0.139. The highest BCUT2D eigenvalue weighted by Gasteiger charge is 2.33. The first-order chi connectivity index (χ1) is 16.8. The Labute approximate surface area is 215 Å². The van der Waals surface area contributed by atoms with Gasteiger partial charge < -0.3 is 14.2 Å². The van der Waals surface area contributed by atoms with Crippen LogP contribution >= 0.6 is 27.3 Å². The number of thiazole rings is 1. The van der Waals surface area contributed by atoms with Crippen LogP contribution in [0.25, 0.3) is 6.08 Å². The van der Waals surface area contributed by atoms with E-state index in [0.717, 1.165) is 15.6 Å². The first-order valence-corrected chi connectivity index (χ1v) is 12.6. The van der Waals surface area contributed by atoms with Crippen LogP contribution in [0.5, 0.6) is 11.5 Å². The molecule has 4 rings (SSSR count). The number of carbonyl (C=O) groups is 1. The summed E-state index contributed by atoms with van der Waals surface area (Å²) in [5.41, 5.74) is 3.20. The summed E-state index contributed by atoms with van der Waals surface area (Å²) in [5.74, 6) is 0.575. The molecule has 1 aliphatic heterocycles. The second kappa shape index (κ2) is 10.2. The van der Waals surface area contributed by atoms with E-state index in [-0.39, 0.29) is 12.2 Å². The smallest absolute Gasteiger partial charge is 0.338 e. The number of fused-ring (bicyclic) bond motifs is 1. The van der Waals surface area contributed by atoms with Crippen molar-refractivity contribution in [2.75, 3.05) is 20.8 Å². The van der Waals surface area contributed by atoms with E-state index in [9.17, 15) is 9.59 Å². The normalized spacial score (nSPS) is 15.5. The largest absolute Gasteiger partial charge is 0.493 e. The molecule has 0 spiro atoms. The third kappa shape index (κ3) is 4.70. The molecule has 2 aromatic carbocycles. The molecule has 0 N–H and O–H groups in total. The van der Waals surface area contributed by atoms with Gasteiger partial charge in [0.05, 0.1) is 42.7 Å². The topological polar surface area (TPSA) is 79.1 Å². The number of aromatic nitrogens is 1. The van der Waals surface area contributed by atoms with Crippen molar-refractivity contribution in [3.8, 4) is 11.5 Å². The monoisotopic (exact) mass is 556 g/mol. The summed E-state index contributed by atoms with van der Waals surface area (Å²) in [6, 6.07) is 10.8. The van der Waals surface area contributed by atoms with Crippen molar-refractivity contribution >= 4 is 39.3 Å². The minimum atomic E-state index is -0.646. The Hall–Kier alpha value is -3.17. The quantitative estimate of drug-likeness (QED) is 0.430. The van der Waals surface area contributed by atoms with Crippen molar-refractivity contribution in [3.63, 3.8) is 0 Å². The van der Waals surface area contributed by atoms with Crippen molar-refractivity contribution in [1.82, 2.24) is 4.57 Å². The molecule has 0 aliphatic carbocycles. The Morgan fingerprint density at radius 1 is 1.17 bits per heavy atom. The van der Waals surface area contributed by atoms with Crippen LogP contribution in [-0.2, 0) is 9.53 Å². The van der Waals surface area contributed by atoms with Gasteiger partial charge in [0.2, 0.25) is 0 Å². The lowest BCUT2D eigenvalue weighted by Gasteiger charge is -2.24. The summed E-state index contributed by atoms with van der Waals surface area (Å²) < 4.78 is 19.1. The molecule has 1 aliphatic rings. The molecule has 1 aromatic heterocycles. The van der Waals surface area contributed by atoms with Crippen molar-refractivity contribution in [3.05, 3.63) is 88.5 Å². The molecule has 0 saturated carbocycles. The number of allylic oxidation sites excluding steroid dienone is 1. The van der Waals surface area contributed by atoms with Crippen molar-refractivity contribution < 1.29 is 19.0 Å². The van der Waals surface area contributed by atoms with Gasteiger partial charge in [-0.2, -0.15) is 0 Å². The first kappa shape index (κ1) is 24.9. The fourth-order valence-electron chi connectivity index (χ4n) is 4.06. The van der Waals surface area contributed by atoms with Gasteiger partial charge in [0.1, 0.15) is 0 Å². The Kier molecular flexibility index (Phi) is 7.28. The number of methoxy groups -OCH3 is 2. The number of hydrogen-bond acceptors (Lipinski definition) is 7. The third-order valence-corrected chi connectivity index (χ3v) is 7.11. The number of rotatable bonds is 6. The second-order valence-corrected chi connectivity index (χ2v) is 9.87. The van der Waals surface area contributed by atoms with Gasteiger partial charge in [-0.05, 0) is 44.5 Å². The van der Waals surface area contributed by atoms with Gasteiger partial charge in [0.25, 0.3) is 5.56 Å². The summed E-state index contributed by atoms with van der Waals surface area (Å²) in [7, 11) is 3.11. The van der Waals surface area contributed by atoms with E-state index in [2.05, 4.69) is 20.9 Å². The number of aryl methyl sites for hydroxylation is 1. The number of esters is 1. The zero-order valence-corrected chi connectivity index (χ0v) is 22.5. The number of benzene rings is 2. The first-order valence-electron chi connectivity index (χ1n) is 11.0. The molecule has 7 nitrogen and oxygen atoms in total. The van der Waals surface area contributed by atoms with Crippen LogP contribution in [-0.4, -0.2) is 31.4 Å². The number of hydrogen-bond donors (Lipinski definition) is 0. The summed E-state index contributed by atoms with van der Waals surface area (Å²) in [4.78, 5) is 31.9. The summed E-state index contributed by atoms with van der Waals surface area (Å²) in [5, 5.41) is 0. The molecular weight excluding hydrogens is 532 g/mol. The summed E-state index contributed by atoms with van der Waals surface area (Å²) in [6.45, 7) is 5.74. The van der Waals surface area contributed by atoms with Crippen LogP contribution in [0.15, 0.2) is 61.9 Å². The number of nitrogens with zero attached hydrogens (tertiary/aromatic N) is 2. The van der Waals surface area contributed by atoms with E-state index in [1.54, 1.807) is 44.8 Å². The molecule has 0 radical (unpaired) electrons. The molecule has 3 aromatic rings. The van der Waals surface area contributed by atoms with Crippen molar-refractivity contribution in [2.24, 2.45) is 4.99 Å². The molecule has 0 amide bonds. The van der Waals surface area contributed by atoms with Gasteiger partial charge in [-0.15, -0.1) is 0 Å². The minimum Gasteiger partial charge on any atom is -0.493 e. The van der Waals surface area contributed by atoms with Crippen LogP contribution in [0.4, 0.5) is 0 Å². The lowest BCUT2D eigenvalue weighted by Crippen LogP contribution is -2.39. The van der Waals surface area contributed by atoms with Gasteiger partial charge in [0.15, 0.2) is 16.3 Å². The van der Waals surface area contributed by atoms with Crippen LogP contribution < -0.4 is 24.4 Å². The van der Waals surface area contributed by atoms with E-state index in [1.807, 2.05) is 37.3 Å². The standard InChI is InChI=1S/C26H25BrN2O5S/c1-6-34-25(31)21-15(3)28-26-29(22(21)16-9-7-14(2)8-10-16)24(30)20(35-26)12-17-11-18(27)13-19(32-4)23(17)33-5/h7-13,22H,6H2,1-5H3/b20-12-/t22-/m0/s1. The Bertz CT molecular complexity index is 1500. The predicted molar refractivity (Wildman–Crippen MR) is 139 cm³/mol. The molecule has 2 heterocycles. The van der Waals surface area contributed by atoms with Crippen molar-refractivity contribution in [1.29, 1.82) is 0 Å². The number of ether oxygens (including phenoxy) is 3. The number of halogens is 1. The van der Waals surface area contributed by atoms with Gasteiger partial charge in [-0.3, -0.25) is 9.36 Å². The Morgan fingerprint density at radius 2 is 1.89 bits per heavy atom. The van der Waals surface area contributed by atoms with Gasteiger partial charge >= 0.3 is 5.97 Å². The molecular formula is C26H25BrN2O5S. The maximum Gasteiger partial charge on any atom is 0.338 e. The molecule has 1 atom stereocenters. The minimum absolute atomic E-state index is 0.227. The van der Waals surface area contributed by atoms with Gasteiger partial charge in [-0.25, -0.2) is 9.79 Å². The molecule has 0 saturated heterocycles. The Morgan fingerprint density at radius 3 is 2.51 bits per heavy atom. The average Bonchev–Trinajstić information content (AvgIpc) is 3.12. The maximum absolute atomic E-state index is 13.8. The van der Waals surface area contributed by atoms with Gasteiger partial charge in [0, 0.05) is 10.0 Å².